The number of aryl methyl sites for hydroxylation is 1. The number of carbonyl (C=O) groups excluding carboxylic acids is 1. The van der Waals surface area contributed by atoms with Crippen LogP contribution >= 0.6 is 22.2 Å². The lowest BCUT2D eigenvalue weighted by Gasteiger charge is -2.01. The third kappa shape index (κ3) is 4.07. The third-order valence-electron chi connectivity index (χ3n) is 1.74. The van der Waals surface area contributed by atoms with Gasteiger partial charge < -0.3 is 0 Å². The summed E-state index contributed by atoms with van der Waals surface area (Å²) in [6.45, 7) is 0. The summed E-state index contributed by atoms with van der Waals surface area (Å²) in [5.74, 6) is 0. The minimum atomic E-state index is -1.54. The highest BCUT2D eigenvalue weighted by atomic mass is 35.7. The van der Waals surface area contributed by atoms with Gasteiger partial charge in [-0.25, -0.2) is 4.79 Å². The molecule has 0 aliphatic carbocycles. The summed E-state index contributed by atoms with van der Waals surface area (Å²) in [4.78, 5) is 13.6. The molecule has 0 atom stereocenters. The predicted molar refractivity (Wildman–Crippen MR) is 61.6 cm³/mol. The minimum Gasteiger partial charge on any atom is -0.211 e. The smallest absolute Gasteiger partial charge is 0.211 e. The van der Waals surface area contributed by atoms with Crippen molar-refractivity contribution < 1.29 is 4.79 Å². The molecule has 0 heterocycles. The number of halogens is 2. The van der Waals surface area contributed by atoms with E-state index >= 15 is 0 Å². The van der Waals surface area contributed by atoms with Crippen LogP contribution in [0.25, 0.3) is 0 Å². The quantitative estimate of drug-likeness (QED) is 0.347. The molecule has 1 aromatic carbocycles. The normalized spacial score (nSPS) is 9.93. The summed E-state index contributed by atoms with van der Waals surface area (Å²) in [5, 5.41) is 0. The van der Waals surface area contributed by atoms with Crippen LogP contribution in [0, 0.1) is 0 Å². The third-order valence-corrected chi connectivity index (χ3v) is 3.77. The highest BCUT2D eigenvalue weighted by Gasteiger charge is 2.02. The van der Waals surface area contributed by atoms with Gasteiger partial charge in [0, 0.05) is 0 Å². The van der Waals surface area contributed by atoms with Gasteiger partial charge in [0.25, 0.3) is 0 Å². The maximum absolute atomic E-state index is 10.0. The molecule has 2 nitrogen and oxygen atoms in total. The first kappa shape index (κ1) is 11.5. The van der Waals surface area contributed by atoms with Gasteiger partial charge in [0.1, 0.15) is 0 Å². The fraction of sp³-hybridized carbons (Fsp3) is 0.222. The Kier molecular flexibility index (Phi) is 4.91. The first-order valence-electron chi connectivity index (χ1n) is 4.17. The van der Waals surface area contributed by atoms with Gasteiger partial charge in [-0.1, -0.05) is 12.1 Å². The van der Waals surface area contributed by atoms with Gasteiger partial charge in [-0.15, -0.1) is 0 Å². The summed E-state index contributed by atoms with van der Waals surface area (Å²) < 4.78 is 0. The van der Waals surface area contributed by atoms with Crippen molar-refractivity contribution in [1.29, 1.82) is 0 Å². The number of benzene rings is 1. The van der Waals surface area contributed by atoms with Crippen LogP contribution in [-0.4, -0.2) is 13.5 Å². The van der Waals surface area contributed by atoms with Crippen molar-refractivity contribution in [2.45, 2.75) is 12.5 Å². The zero-order valence-electron chi connectivity index (χ0n) is 7.41. The van der Waals surface area contributed by atoms with Gasteiger partial charge in [-0.3, -0.25) is 0 Å². The molecule has 14 heavy (non-hydrogen) atoms. The van der Waals surface area contributed by atoms with E-state index in [1.165, 1.54) is 6.08 Å². The number of aliphatic imine (C=N–C) groups is 1. The van der Waals surface area contributed by atoms with Crippen molar-refractivity contribution in [3.63, 3.8) is 0 Å². The molecule has 1 rings (SSSR count). The van der Waals surface area contributed by atoms with E-state index in [-0.39, 0.29) is 0 Å². The molecule has 0 spiro atoms. The Morgan fingerprint density at radius 1 is 1.43 bits per heavy atom. The highest BCUT2D eigenvalue weighted by Crippen LogP contribution is 2.16. The number of hydrogen-bond donors (Lipinski definition) is 0. The molecule has 0 aromatic heterocycles. The maximum atomic E-state index is 10.0. The number of nitrogens with zero attached hydrogens (tertiary/aromatic N) is 1. The second kappa shape index (κ2) is 5.99. The van der Waals surface area contributed by atoms with Crippen LogP contribution in [-0.2, 0) is 11.2 Å². The summed E-state index contributed by atoms with van der Waals surface area (Å²) in [7, 11) is -1.54. The first-order chi connectivity index (χ1) is 6.72. The first-order valence-corrected chi connectivity index (χ1v) is 8.48. The molecule has 0 N–H and O–H groups in total. The number of isocyanates is 1. The summed E-state index contributed by atoms with van der Waals surface area (Å²) in [6.07, 6.45) is 2.35. The standard InChI is InChI=1S/C9H9Cl2NOSi/c10-14(11)5-4-8-2-1-3-9(6-8)12-7-13/h1-3,6,14H,4-5H2. The fourth-order valence-corrected chi connectivity index (χ4v) is 2.32. The Balaban J connectivity index is 2.68. The second-order valence-electron chi connectivity index (χ2n) is 2.80. The van der Waals surface area contributed by atoms with Crippen molar-refractivity contribution in [3.05, 3.63) is 29.8 Å². The average Bonchev–Trinajstić information content (AvgIpc) is 2.16. The molecule has 0 saturated heterocycles. The van der Waals surface area contributed by atoms with Gasteiger partial charge in [0.15, 0.2) is 0 Å². The maximum Gasteiger partial charge on any atom is 0.240 e. The van der Waals surface area contributed by atoms with Crippen molar-refractivity contribution in [1.82, 2.24) is 0 Å². The van der Waals surface area contributed by atoms with E-state index in [1.807, 2.05) is 18.2 Å². The molecule has 0 amide bonds. The number of hydrogen-bond acceptors (Lipinski definition) is 2. The van der Waals surface area contributed by atoms with Crippen LogP contribution in [0.2, 0.25) is 6.04 Å². The molecule has 74 valence electrons. The predicted octanol–water partition coefficient (Wildman–Crippen LogP) is 2.89. The lowest BCUT2D eigenvalue weighted by Crippen LogP contribution is -1.94. The van der Waals surface area contributed by atoms with Crippen molar-refractivity contribution >= 4 is 41.3 Å². The van der Waals surface area contributed by atoms with Gasteiger partial charge >= 0.3 is 0 Å². The molecule has 0 bridgehead atoms. The van der Waals surface area contributed by atoms with E-state index in [9.17, 15) is 4.79 Å². The van der Waals surface area contributed by atoms with Crippen LogP contribution in [0.4, 0.5) is 5.69 Å². The molecule has 1 aromatic rings. The van der Waals surface area contributed by atoms with Gasteiger partial charge in [0.2, 0.25) is 13.5 Å². The Hall–Kier alpha value is -0.603. The van der Waals surface area contributed by atoms with Crippen LogP contribution in [0.1, 0.15) is 5.56 Å². The molecule has 0 aliphatic rings. The van der Waals surface area contributed by atoms with Crippen LogP contribution in [0.3, 0.4) is 0 Å². The van der Waals surface area contributed by atoms with Crippen molar-refractivity contribution in [2.75, 3.05) is 0 Å². The monoisotopic (exact) mass is 245 g/mol. The molecule has 0 unspecified atom stereocenters. The van der Waals surface area contributed by atoms with Crippen LogP contribution < -0.4 is 0 Å². The Morgan fingerprint density at radius 2 is 2.21 bits per heavy atom. The van der Waals surface area contributed by atoms with E-state index in [2.05, 4.69) is 4.99 Å². The molecule has 0 fully saturated rings. The van der Waals surface area contributed by atoms with Crippen molar-refractivity contribution in [2.24, 2.45) is 4.99 Å². The van der Waals surface area contributed by atoms with E-state index in [0.717, 1.165) is 18.0 Å². The summed E-state index contributed by atoms with van der Waals surface area (Å²) >= 11 is 11.5. The van der Waals surface area contributed by atoms with Crippen LogP contribution in [0.5, 0.6) is 0 Å². The Morgan fingerprint density at radius 3 is 2.86 bits per heavy atom. The molecule has 0 radical (unpaired) electrons. The lowest BCUT2D eigenvalue weighted by molar-refractivity contribution is 0.565. The number of rotatable bonds is 4. The zero-order valence-corrected chi connectivity index (χ0v) is 10.1. The molecule has 0 saturated carbocycles. The van der Waals surface area contributed by atoms with Crippen molar-refractivity contribution in [3.8, 4) is 0 Å². The topological polar surface area (TPSA) is 29.4 Å². The fourth-order valence-electron chi connectivity index (χ4n) is 1.11. The Labute approximate surface area is 93.6 Å². The minimum absolute atomic E-state index is 0.625. The lowest BCUT2D eigenvalue weighted by atomic mass is 10.1. The van der Waals surface area contributed by atoms with E-state index in [1.54, 1.807) is 6.07 Å². The van der Waals surface area contributed by atoms with Crippen LogP contribution in [0.15, 0.2) is 29.3 Å². The molecule has 0 aliphatic heterocycles. The highest BCUT2D eigenvalue weighted by molar-refractivity contribution is 7.33. The van der Waals surface area contributed by atoms with Gasteiger partial charge in [0.05, 0.1) is 5.69 Å². The molecular formula is C9H9Cl2NOSi. The second-order valence-corrected chi connectivity index (χ2v) is 7.99. The largest absolute Gasteiger partial charge is 0.240 e. The summed E-state index contributed by atoms with van der Waals surface area (Å²) in [5.41, 5.74) is 1.72. The van der Waals surface area contributed by atoms with Gasteiger partial charge in [-0.2, -0.15) is 27.2 Å². The Bertz CT molecular complexity index is 350. The SMILES string of the molecule is O=C=Nc1cccc(CC[SiH](Cl)Cl)c1. The molecular weight excluding hydrogens is 237 g/mol. The zero-order chi connectivity index (χ0) is 10.4. The van der Waals surface area contributed by atoms with Gasteiger partial charge in [-0.05, 0) is 30.2 Å². The summed E-state index contributed by atoms with van der Waals surface area (Å²) in [6, 6.07) is 8.25. The average molecular weight is 246 g/mol. The van der Waals surface area contributed by atoms with E-state index in [4.69, 9.17) is 22.2 Å². The van der Waals surface area contributed by atoms with E-state index < -0.39 is 7.42 Å². The van der Waals surface area contributed by atoms with E-state index in [0.29, 0.717) is 5.69 Å². The molecule has 5 heteroatoms.